The van der Waals surface area contributed by atoms with Crippen LogP contribution in [0.15, 0.2) is 48.5 Å². The molecule has 7 nitrogen and oxygen atoms in total. The minimum absolute atomic E-state index is 0.0316. The zero-order valence-corrected chi connectivity index (χ0v) is 19.2. The summed E-state index contributed by atoms with van der Waals surface area (Å²) in [6.07, 6.45) is -0.120. The van der Waals surface area contributed by atoms with Gasteiger partial charge >= 0.3 is 12.1 Å². The van der Waals surface area contributed by atoms with Crippen LogP contribution >= 0.6 is 0 Å². The molecule has 4 atom stereocenters. The number of hydrogen-bond donors (Lipinski definition) is 2. The number of hydrogen-bond acceptors (Lipinski definition) is 4. The molecule has 0 radical (unpaired) electrons. The number of benzene rings is 2. The summed E-state index contributed by atoms with van der Waals surface area (Å²) in [6.45, 7) is 5.90. The molecule has 0 aromatic heterocycles. The smallest absolute Gasteiger partial charge is 0.407 e. The van der Waals surface area contributed by atoms with Gasteiger partial charge in [-0.3, -0.25) is 9.59 Å². The van der Waals surface area contributed by atoms with Gasteiger partial charge in [-0.25, -0.2) is 4.79 Å². The van der Waals surface area contributed by atoms with E-state index in [1.54, 1.807) is 25.7 Å². The summed E-state index contributed by atoms with van der Waals surface area (Å²) in [5.41, 5.74) is 4.60. The van der Waals surface area contributed by atoms with E-state index in [4.69, 9.17) is 4.74 Å². The van der Waals surface area contributed by atoms with Crippen LogP contribution in [0.3, 0.4) is 0 Å². The lowest BCUT2D eigenvalue weighted by Crippen LogP contribution is -2.47. The first-order chi connectivity index (χ1) is 15.8. The zero-order chi connectivity index (χ0) is 23.7. The van der Waals surface area contributed by atoms with E-state index in [0.29, 0.717) is 13.0 Å². The maximum atomic E-state index is 12.9. The van der Waals surface area contributed by atoms with Crippen LogP contribution in [0.5, 0.6) is 0 Å². The van der Waals surface area contributed by atoms with E-state index in [2.05, 4.69) is 29.6 Å². The van der Waals surface area contributed by atoms with Gasteiger partial charge in [-0.05, 0) is 42.5 Å². The second kappa shape index (κ2) is 9.25. The zero-order valence-electron chi connectivity index (χ0n) is 19.2. The van der Waals surface area contributed by atoms with Gasteiger partial charge in [0, 0.05) is 24.5 Å². The Morgan fingerprint density at radius 1 is 1.06 bits per heavy atom. The summed E-state index contributed by atoms with van der Waals surface area (Å²) < 4.78 is 5.58. The van der Waals surface area contributed by atoms with Gasteiger partial charge in [-0.2, -0.15) is 0 Å². The molecule has 1 aliphatic carbocycles. The fourth-order valence-corrected chi connectivity index (χ4v) is 5.01. The Balaban J connectivity index is 1.35. The number of fused-ring (bicyclic) bond motifs is 3. The first kappa shape index (κ1) is 22.8. The largest absolute Gasteiger partial charge is 0.481 e. The van der Waals surface area contributed by atoms with Gasteiger partial charge in [0.2, 0.25) is 5.91 Å². The van der Waals surface area contributed by atoms with E-state index >= 15 is 0 Å². The molecule has 7 heteroatoms. The van der Waals surface area contributed by atoms with Crippen molar-refractivity contribution in [3.8, 4) is 11.1 Å². The lowest BCUT2D eigenvalue weighted by atomic mass is 9.98. The highest BCUT2D eigenvalue weighted by Gasteiger charge is 2.40. The number of aliphatic carboxylic acids is 1. The Morgan fingerprint density at radius 3 is 2.18 bits per heavy atom. The van der Waals surface area contributed by atoms with Crippen LogP contribution < -0.4 is 5.32 Å². The minimum Gasteiger partial charge on any atom is -0.481 e. The molecule has 0 saturated carbocycles. The number of carbonyl (C=O) groups excluding carboxylic acids is 2. The average molecular weight is 451 g/mol. The molecule has 0 bridgehead atoms. The van der Waals surface area contributed by atoms with E-state index < -0.39 is 29.9 Å². The number of nitrogens with one attached hydrogen (secondary N) is 1. The maximum Gasteiger partial charge on any atom is 0.407 e. The monoisotopic (exact) mass is 450 g/mol. The summed E-state index contributed by atoms with van der Waals surface area (Å²) >= 11 is 0. The molecule has 2 N–H and O–H groups in total. The van der Waals surface area contributed by atoms with Crippen LogP contribution in [-0.4, -0.2) is 53.2 Å². The van der Waals surface area contributed by atoms with Crippen molar-refractivity contribution in [2.24, 2.45) is 11.8 Å². The second-order valence-corrected chi connectivity index (χ2v) is 9.05. The van der Waals surface area contributed by atoms with Gasteiger partial charge in [-0.15, -0.1) is 0 Å². The van der Waals surface area contributed by atoms with Crippen LogP contribution in [0, 0.1) is 11.8 Å². The van der Waals surface area contributed by atoms with Crippen LogP contribution in [0.2, 0.25) is 0 Å². The summed E-state index contributed by atoms with van der Waals surface area (Å²) in [7, 11) is 0. The van der Waals surface area contributed by atoms with Crippen molar-refractivity contribution >= 4 is 18.0 Å². The third kappa shape index (κ3) is 4.32. The number of rotatable bonds is 6. The molecule has 4 unspecified atom stereocenters. The molecular formula is C26H30N2O5. The van der Waals surface area contributed by atoms with Crippen LogP contribution in [0.4, 0.5) is 4.79 Å². The molecular weight excluding hydrogens is 420 g/mol. The lowest BCUT2D eigenvalue weighted by molar-refractivity contribution is -0.143. The Hall–Kier alpha value is -3.35. The predicted octanol–water partition coefficient (Wildman–Crippen LogP) is 3.87. The van der Waals surface area contributed by atoms with E-state index in [1.807, 2.05) is 24.3 Å². The van der Waals surface area contributed by atoms with Gasteiger partial charge < -0.3 is 20.1 Å². The maximum absolute atomic E-state index is 12.9. The molecule has 174 valence electrons. The van der Waals surface area contributed by atoms with Crippen molar-refractivity contribution in [2.75, 3.05) is 13.2 Å². The van der Waals surface area contributed by atoms with E-state index in [9.17, 15) is 19.5 Å². The second-order valence-electron chi connectivity index (χ2n) is 9.05. The van der Waals surface area contributed by atoms with Gasteiger partial charge in [0.05, 0.1) is 11.8 Å². The number of amides is 2. The average Bonchev–Trinajstić information content (AvgIpc) is 3.34. The molecule has 2 aromatic rings. The Morgan fingerprint density at radius 2 is 1.64 bits per heavy atom. The Labute approximate surface area is 193 Å². The van der Waals surface area contributed by atoms with Gasteiger partial charge in [0.25, 0.3) is 0 Å². The minimum atomic E-state index is -0.879. The highest BCUT2D eigenvalue weighted by atomic mass is 16.5. The number of carboxylic acids is 1. The Kier molecular flexibility index (Phi) is 6.40. The number of alkyl carbamates (subject to hydrolysis) is 1. The molecule has 0 spiro atoms. The van der Waals surface area contributed by atoms with Crippen LogP contribution in [0.25, 0.3) is 11.1 Å². The van der Waals surface area contributed by atoms with Gasteiger partial charge in [-0.1, -0.05) is 55.5 Å². The van der Waals surface area contributed by atoms with Crippen molar-refractivity contribution in [3.63, 3.8) is 0 Å². The van der Waals surface area contributed by atoms with E-state index in [0.717, 1.165) is 22.3 Å². The molecule has 2 amide bonds. The van der Waals surface area contributed by atoms with Crippen LogP contribution in [0.1, 0.15) is 44.2 Å². The third-order valence-electron chi connectivity index (χ3n) is 7.18. The third-order valence-corrected chi connectivity index (χ3v) is 7.18. The lowest BCUT2D eigenvalue weighted by Gasteiger charge is -2.29. The highest BCUT2D eigenvalue weighted by molar-refractivity contribution is 5.82. The number of ether oxygens (including phenoxy) is 1. The molecule has 2 aliphatic rings. The molecule has 1 aliphatic heterocycles. The molecule has 33 heavy (non-hydrogen) atoms. The molecule has 1 saturated heterocycles. The van der Waals surface area contributed by atoms with Crippen molar-refractivity contribution in [2.45, 2.75) is 45.2 Å². The van der Waals surface area contributed by atoms with E-state index in [-0.39, 0.29) is 24.5 Å². The van der Waals surface area contributed by atoms with E-state index in [1.165, 1.54) is 0 Å². The number of likely N-dealkylation sites (tertiary alicyclic amines) is 1. The SMILES string of the molecule is CC(NC(=O)OCC1c2ccccc2-c2ccccc21)C(C)C(=O)N1CCC(C(=O)O)C1C. The molecule has 1 fully saturated rings. The fourth-order valence-electron chi connectivity index (χ4n) is 5.01. The first-order valence-electron chi connectivity index (χ1n) is 11.4. The number of carboxylic acid groups (broad SMARTS) is 1. The topological polar surface area (TPSA) is 95.9 Å². The normalized spacial score (nSPS) is 21.1. The fraction of sp³-hybridized carbons (Fsp3) is 0.423. The van der Waals surface area contributed by atoms with Crippen molar-refractivity contribution in [3.05, 3.63) is 59.7 Å². The van der Waals surface area contributed by atoms with Gasteiger partial charge in [0.15, 0.2) is 0 Å². The first-order valence-corrected chi connectivity index (χ1v) is 11.4. The van der Waals surface area contributed by atoms with Gasteiger partial charge in [0.1, 0.15) is 6.61 Å². The summed E-state index contributed by atoms with van der Waals surface area (Å²) in [4.78, 5) is 38.4. The number of nitrogens with zero attached hydrogens (tertiary/aromatic N) is 1. The summed E-state index contributed by atoms with van der Waals surface area (Å²) in [5, 5.41) is 12.1. The standard InChI is InChI=1S/C26H30N2O5/c1-15(24(29)28-13-12-18(17(28)3)25(30)31)16(2)27-26(32)33-14-23-21-10-6-4-8-19(21)20-9-5-7-11-22(20)23/h4-11,15-18,23H,12-14H2,1-3H3,(H,27,32)(H,30,31). The summed E-state index contributed by atoms with van der Waals surface area (Å²) in [6, 6.07) is 15.5. The quantitative estimate of drug-likeness (QED) is 0.697. The number of carbonyl (C=O) groups is 3. The molecule has 2 aromatic carbocycles. The highest BCUT2D eigenvalue weighted by Crippen LogP contribution is 2.44. The van der Waals surface area contributed by atoms with Crippen LogP contribution in [-0.2, 0) is 14.3 Å². The summed E-state index contributed by atoms with van der Waals surface area (Å²) in [5.74, 6) is -2.11. The van der Waals surface area contributed by atoms with Crippen molar-refractivity contribution < 1.29 is 24.2 Å². The van der Waals surface area contributed by atoms with Crippen molar-refractivity contribution in [1.29, 1.82) is 0 Å². The van der Waals surface area contributed by atoms with Crippen molar-refractivity contribution in [1.82, 2.24) is 10.2 Å². The molecule has 4 rings (SSSR count). The predicted molar refractivity (Wildman–Crippen MR) is 124 cm³/mol. The Bertz CT molecular complexity index is 1020. The molecule has 1 heterocycles.